The summed E-state index contributed by atoms with van der Waals surface area (Å²) in [6.45, 7) is 0. The second-order valence-corrected chi connectivity index (χ2v) is 4.44. The van der Waals surface area contributed by atoms with Crippen molar-refractivity contribution in [3.63, 3.8) is 0 Å². The van der Waals surface area contributed by atoms with Gasteiger partial charge in [-0.3, -0.25) is 0 Å². The highest BCUT2D eigenvalue weighted by atomic mass is 19.1. The Morgan fingerprint density at radius 1 is 1.05 bits per heavy atom. The van der Waals surface area contributed by atoms with Gasteiger partial charge in [-0.1, -0.05) is 24.3 Å². The molecule has 0 unspecified atom stereocenters. The molecule has 0 spiro atoms. The Labute approximate surface area is 120 Å². The Kier molecular flexibility index (Phi) is 3.23. The lowest BCUT2D eigenvalue weighted by Gasteiger charge is -2.09. The first kappa shape index (κ1) is 13.1. The maximum atomic E-state index is 14.4. The molecule has 0 saturated heterocycles. The molecule has 1 N–H and O–H groups in total. The highest BCUT2D eigenvalue weighted by molar-refractivity contribution is 5.89. The smallest absolute Gasteiger partial charge is 0.338 e. The molecule has 21 heavy (non-hydrogen) atoms. The van der Waals surface area contributed by atoms with Gasteiger partial charge in [-0.2, -0.15) is 5.10 Å². The number of para-hydroxylation sites is 1. The van der Waals surface area contributed by atoms with Crippen LogP contribution in [0.25, 0.3) is 16.9 Å². The lowest BCUT2D eigenvalue weighted by Crippen LogP contribution is -2.04. The molecule has 0 fully saturated rings. The van der Waals surface area contributed by atoms with Crippen LogP contribution in [0.1, 0.15) is 10.4 Å². The van der Waals surface area contributed by atoms with Gasteiger partial charge in [0.25, 0.3) is 0 Å². The van der Waals surface area contributed by atoms with Crippen molar-refractivity contribution in [2.24, 2.45) is 0 Å². The van der Waals surface area contributed by atoms with E-state index in [4.69, 9.17) is 5.11 Å². The zero-order valence-corrected chi connectivity index (χ0v) is 10.9. The van der Waals surface area contributed by atoms with E-state index in [2.05, 4.69) is 5.10 Å². The summed E-state index contributed by atoms with van der Waals surface area (Å²) in [7, 11) is 0. The number of carboxylic acids is 1. The van der Waals surface area contributed by atoms with Crippen LogP contribution >= 0.6 is 0 Å². The summed E-state index contributed by atoms with van der Waals surface area (Å²) in [4.78, 5) is 11.0. The van der Waals surface area contributed by atoms with E-state index < -0.39 is 11.8 Å². The van der Waals surface area contributed by atoms with Crippen LogP contribution < -0.4 is 0 Å². The second kappa shape index (κ2) is 5.20. The minimum Gasteiger partial charge on any atom is -0.478 e. The van der Waals surface area contributed by atoms with Crippen LogP contribution in [0.5, 0.6) is 0 Å². The van der Waals surface area contributed by atoms with Gasteiger partial charge in [0.2, 0.25) is 0 Å². The van der Waals surface area contributed by atoms with Crippen LogP contribution in [0.3, 0.4) is 0 Å². The Morgan fingerprint density at radius 2 is 1.81 bits per heavy atom. The van der Waals surface area contributed by atoms with Crippen molar-refractivity contribution in [2.45, 2.75) is 0 Å². The summed E-state index contributed by atoms with van der Waals surface area (Å²) in [5.41, 5.74) is 1.13. The molecule has 0 aliphatic carbocycles. The summed E-state index contributed by atoms with van der Waals surface area (Å²) in [5.74, 6) is -2.05. The van der Waals surface area contributed by atoms with E-state index in [0.717, 1.165) is 5.69 Å². The zero-order valence-electron chi connectivity index (χ0n) is 10.9. The number of aromatic carboxylic acids is 1. The Hall–Kier alpha value is -2.95. The maximum absolute atomic E-state index is 14.4. The molecule has 0 radical (unpaired) electrons. The molecule has 0 aliphatic rings. The first-order valence-electron chi connectivity index (χ1n) is 6.30. The fourth-order valence-corrected chi connectivity index (χ4v) is 2.18. The number of halogens is 1. The minimum absolute atomic E-state index is 0.205. The van der Waals surface area contributed by atoms with Gasteiger partial charge in [0.1, 0.15) is 5.82 Å². The van der Waals surface area contributed by atoms with E-state index in [0.29, 0.717) is 5.69 Å². The predicted molar refractivity (Wildman–Crippen MR) is 75.9 cm³/mol. The molecule has 1 heterocycles. The van der Waals surface area contributed by atoms with Gasteiger partial charge in [-0.15, -0.1) is 0 Å². The fourth-order valence-electron chi connectivity index (χ4n) is 2.18. The van der Waals surface area contributed by atoms with Crippen molar-refractivity contribution in [3.05, 3.63) is 72.2 Å². The highest BCUT2D eigenvalue weighted by Crippen LogP contribution is 2.26. The van der Waals surface area contributed by atoms with Crippen LogP contribution in [0.15, 0.2) is 60.8 Å². The van der Waals surface area contributed by atoms with Crippen molar-refractivity contribution in [1.29, 1.82) is 0 Å². The summed E-state index contributed by atoms with van der Waals surface area (Å²) in [5, 5.41) is 13.2. The summed E-state index contributed by atoms with van der Waals surface area (Å²) < 4.78 is 15.9. The number of benzene rings is 2. The quantitative estimate of drug-likeness (QED) is 0.801. The average molecular weight is 282 g/mol. The first-order valence-corrected chi connectivity index (χ1v) is 6.30. The number of carboxylic acid groups (broad SMARTS) is 1. The Balaban J connectivity index is 2.18. The van der Waals surface area contributed by atoms with Crippen LogP contribution in [-0.4, -0.2) is 20.9 Å². The van der Waals surface area contributed by atoms with E-state index >= 15 is 0 Å². The van der Waals surface area contributed by atoms with E-state index in [1.54, 1.807) is 16.9 Å². The summed E-state index contributed by atoms with van der Waals surface area (Å²) in [6, 6.07) is 15.2. The monoisotopic (exact) mass is 282 g/mol. The number of hydrogen-bond acceptors (Lipinski definition) is 2. The van der Waals surface area contributed by atoms with E-state index in [1.165, 1.54) is 18.2 Å². The molecular formula is C16H11FN2O2. The van der Waals surface area contributed by atoms with Gasteiger partial charge >= 0.3 is 5.97 Å². The molecule has 0 atom stereocenters. The van der Waals surface area contributed by atoms with Gasteiger partial charge in [-0.25, -0.2) is 13.9 Å². The van der Waals surface area contributed by atoms with E-state index in [9.17, 15) is 9.18 Å². The largest absolute Gasteiger partial charge is 0.478 e. The van der Waals surface area contributed by atoms with Crippen LogP contribution in [0.4, 0.5) is 4.39 Å². The molecule has 5 heteroatoms. The van der Waals surface area contributed by atoms with Crippen molar-refractivity contribution >= 4 is 5.97 Å². The Bertz CT molecular complexity index is 797. The lowest BCUT2D eigenvalue weighted by molar-refractivity contribution is 0.0692. The normalized spacial score (nSPS) is 10.5. The molecule has 0 saturated carbocycles. The number of rotatable bonds is 3. The lowest BCUT2D eigenvalue weighted by atomic mass is 10.1. The van der Waals surface area contributed by atoms with Crippen LogP contribution in [0.2, 0.25) is 0 Å². The number of hydrogen-bond donors (Lipinski definition) is 1. The summed E-state index contributed by atoms with van der Waals surface area (Å²) in [6.07, 6.45) is 1.55. The fraction of sp³-hybridized carbons (Fsp3) is 0. The average Bonchev–Trinajstić information content (AvgIpc) is 2.97. The van der Waals surface area contributed by atoms with Crippen LogP contribution in [0, 0.1) is 5.82 Å². The summed E-state index contributed by atoms with van der Waals surface area (Å²) >= 11 is 0. The first-order chi connectivity index (χ1) is 10.2. The molecular weight excluding hydrogens is 271 g/mol. The maximum Gasteiger partial charge on any atom is 0.338 e. The minimum atomic E-state index is -1.29. The third kappa shape index (κ3) is 2.29. The molecule has 0 bridgehead atoms. The van der Waals surface area contributed by atoms with E-state index in [-0.39, 0.29) is 11.1 Å². The van der Waals surface area contributed by atoms with Crippen molar-refractivity contribution in [2.75, 3.05) is 0 Å². The topological polar surface area (TPSA) is 55.1 Å². The molecule has 4 nitrogen and oxygen atoms in total. The van der Waals surface area contributed by atoms with Crippen molar-refractivity contribution in [3.8, 4) is 16.9 Å². The van der Waals surface area contributed by atoms with Crippen molar-refractivity contribution < 1.29 is 14.3 Å². The molecule has 0 amide bonds. The second-order valence-electron chi connectivity index (χ2n) is 4.44. The molecule has 3 aromatic rings. The molecule has 3 rings (SSSR count). The third-order valence-electron chi connectivity index (χ3n) is 3.15. The van der Waals surface area contributed by atoms with E-state index in [1.807, 2.05) is 30.3 Å². The Morgan fingerprint density at radius 3 is 2.52 bits per heavy atom. The SMILES string of the molecule is O=C(O)c1cccc(-c2ccnn2-c2ccccc2)c1F. The molecule has 0 aliphatic heterocycles. The standard InChI is InChI=1S/C16H11FN2O2/c17-15-12(7-4-8-13(15)16(20)21)14-9-10-18-19(14)11-5-2-1-3-6-11/h1-10H,(H,20,21). The molecule has 104 valence electrons. The highest BCUT2D eigenvalue weighted by Gasteiger charge is 2.17. The molecule has 2 aromatic carbocycles. The van der Waals surface area contributed by atoms with Gasteiger partial charge in [0.05, 0.1) is 23.1 Å². The van der Waals surface area contributed by atoms with Gasteiger partial charge in [0, 0.05) is 5.56 Å². The third-order valence-corrected chi connectivity index (χ3v) is 3.15. The van der Waals surface area contributed by atoms with Crippen LogP contribution in [-0.2, 0) is 0 Å². The molecule has 1 aromatic heterocycles. The number of aromatic nitrogens is 2. The van der Waals surface area contributed by atoms with Gasteiger partial charge in [0.15, 0.2) is 0 Å². The zero-order chi connectivity index (χ0) is 14.8. The van der Waals surface area contributed by atoms with Gasteiger partial charge < -0.3 is 5.11 Å². The number of carbonyl (C=O) groups is 1. The van der Waals surface area contributed by atoms with Crippen molar-refractivity contribution in [1.82, 2.24) is 9.78 Å². The number of nitrogens with zero attached hydrogens (tertiary/aromatic N) is 2. The van der Waals surface area contributed by atoms with Gasteiger partial charge in [-0.05, 0) is 30.3 Å². The predicted octanol–water partition coefficient (Wildman–Crippen LogP) is 3.38.